The van der Waals surface area contributed by atoms with Crippen LogP contribution < -0.4 is 0 Å². The molecule has 7 heteroatoms. The van der Waals surface area contributed by atoms with Gasteiger partial charge in [0.15, 0.2) is 0 Å². The summed E-state index contributed by atoms with van der Waals surface area (Å²) in [6.07, 6.45) is 6.22. The average Bonchev–Trinajstić information content (AvgIpc) is 3.15. The van der Waals surface area contributed by atoms with Crippen molar-refractivity contribution in [1.29, 1.82) is 0 Å². The normalized spacial score (nSPS) is 17.7. The number of aromatic carboxylic acids is 1. The third-order valence-electron chi connectivity index (χ3n) is 4.39. The Balaban J connectivity index is 1.53. The topological polar surface area (TPSA) is 88.3 Å². The number of nitrogens with zero attached hydrogens (tertiary/aromatic N) is 4. The van der Waals surface area contributed by atoms with Crippen molar-refractivity contribution in [1.82, 2.24) is 19.7 Å². The number of rotatable bonds is 5. The van der Waals surface area contributed by atoms with Crippen molar-refractivity contribution in [2.45, 2.75) is 31.7 Å². The monoisotopic (exact) mass is 328 g/mol. The number of benzene rings is 1. The van der Waals surface area contributed by atoms with Gasteiger partial charge in [-0.3, -0.25) is 4.79 Å². The summed E-state index contributed by atoms with van der Waals surface area (Å²) < 4.78 is 1.82. The molecule has 126 valence electrons. The van der Waals surface area contributed by atoms with Crippen molar-refractivity contribution in [3.05, 3.63) is 48.0 Å². The van der Waals surface area contributed by atoms with E-state index >= 15 is 0 Å². The van der Waals surface area contributed by atoms with E-state index in [1.807, 2.05) is 9.58 Å². The lowest BCUT2D eigenvalue weighted by Crippen LogP contribution is -2.40. The van der Waals surface area contributed by atoms with Gasteiger partial charge in [-0.2, -0.15) is 5.10 Å². The largest absolute Gasteiger partial charge is 0.478 e. The lowest BCUT2D eigenvalue weighted by molar-refractivity contribution is -0.132. The first-order valence-corrected chi connectivity index (χ1v) is 8.07. The number of carboxylic acids is 1. The van der Waals surface area contributed by atoms with Crippen LogP contribution in [0.3, 0.4) is 0 Å². The molecule has 3 rings (SSSR count). The Bertz CT molecular complexity index is 697. The fourth-order valence-electron chi connectivity index (χ4n) is 3.03. The van der Waals surface area contributed by atoms with Gasteiger partial charge in [0.1, 0.15) is 12.7 Å². The highest BCUT2D eigenvalue weighted by Gasteiger charge is 2.24. The highest BCUT2D eigenvalue weighted by atomic mass is 16.4. The van der Waals surface area contributed by atoms with E-state index in [4.69, 9.17) is 5.11 Å². The number of hydrogen-bond donors (Lipinski definition) is 1. The second-order valence-electron chi connectivity index (χ2n) is 6.01. The van der Waals surface area contributed by atoms with E-state index in [9.17, 15) is 9.59 Å². The maximum Gasteiger partial charge on any atom is 0.335 e. The van der Waals surface area contributed by atoms with Gasteiger partial charge in [0, 0.05) is 19.5 Å². The first-order chi connectivity index (χ1) is 11.6. The molecule has 0 unspecified atom stereocenters. The van der Waals surface area contributed by atoms with Crippen LogP contribution in [0.5, 0.6) is 0 Å². The molecule has 2 heterocycles. The van der Waals surface area contributed by atoms with Gasteiger partial charge in [0.25, 0.3) is 0 Å². The van der Waals surface area contributed by atoms with Crippen LogP contribution >= 0.6 is 0 Å². The van der Waals surface area contributed by atoms with Crippen LogP contribution in [0.15, 0.2) is 36.9 Å². The molecule has 0 radical (unpaired) electrons. The van der Waals surface area contributed by atoms with Crippen LogP contribution in [-0.4, -0.2) is 49.7 Å². The summed E-state index contributed by atoms with van der Waals surface area (Å²) in [5.74, 6) is -0.813. The average molecular weight is 328 g/mol. The highest BCUT2D eigenvalue weighted by Crippen LogP contribution is 2.21. The standard InChI is InChI=1S/C17H20N4O3/c22-16(8-5-13-3-6-14(7-4-13)17(23)24)20-9-1-2-15(10-20)21-12-18-11-19-21/h3-4,6-7,11-12,15H,1-2,5,8-10H2,(H,23,24)/t15-/m0/s1. The quantitative estimate of drug-likeness (QED) is 0.904. The molecule has 0 aliphatic carbocycles. The van der Waals surface area contributed by atoms with Gasteiger partial charge in [-0.05, 0) is 37.0 Å². The Morgan fingerprint density at radius 1 is 1.25 bits per heavy atom. The lowest BCUT2D eigenvalue weighted by atomic mass is 10.0. The van der Waals surface area contributed by atoms with Crippen LogP contribution in [0.1, 0.15) is 41.2 Å². The Hall–Kier alpha value is -2.70. The number of piperidine rings is 1. The molecule has 0 bridgehead atoms. The lowest BCUT2D eigenvalue weighted by Gasteiger charge is -2.32. The van der Waals surface area contributed by atoms with Gasteiger partial charge >= 0.3 is 5.97 Å². The van der Waals surface area contributed by atoms with Gasteiger partial charge in [0.2, 0.25) is 5.91 Å². The van der Waals surface area contributed by atoms with Crippen molar-refractivity contribution < 1.29 is 14.7 Å². The number of carbonyl (C=O) groups is 2. The molecular formula is C17H20N4O3. The number of amides is 1. The van der Waals surface area contributed by atoms with Crippen molar-refractivity contribution in [3.63, 3.8) is 0 Å². The third-order valence-corrected chi connectivity index (χ3v) is 4.39. The summed E-state index contributed by atoms with van der Waals surface area (Å²) in [6, 6.07) is 6.88. The number of likely N-dealkylation sites (tertiary alicyclic amines) is 1. The number of carboxylic acid groups (broad SMARTS) is 1. The molecule has 1 aliphatic heterocycles. The zero-order valence-electron chi connectivity index (χ0n) is 13.3. The van der Waals surface area contributed by atoms with Crippen LogP contribution in [-0.2, 0) is 11.2 Å². The first-order valence-electron chi connectivity index (χ1n) is 8.07. The second-order valence-corrected chi connectivity index (χ2v) is 6.01. The zero-order chi connectivity index (χ0) is 16.9. The molecule has 1 atom stereocenters. The molecule has 1 aliphatic rings. The maximum absolute atomic E-state index is 12.4. The van der Waals surface area contributed by atoms with Crippen molar-refractivity contribution in [3.8, 4) is 0 Å². The molecular weight excluding hydrogens is 308 g/mol. The minimum absolute atomic E-state index is 0.127. The van der Waals surface area contributed by atoms with Crippen LogP contribution in [0, 0.1) is 0 Å². The van der Waals surface area contributed by atoms with E-state index in [-0.39, 0.29) is 17.5 Å². The van der Waals surface area contributed by atoms with Crippen molar-refractivity contribution in [2.75, 3.05) is 13.1 Å². The fourth-order valence-corrected chi connectivity index (χ4v) is 3.03. The summed E-state index contributed by atoms with van der Waals surface area (Å²) in [6.45, 7) is 1.45. The van der Waals surface area contributed by atoms with E-state index in [0.717, 1.165) is 24.9 Å². The molecule has 0 spiro atoms. The molecule has 1 saturated heterocycles. The van der Waals surface area contributed by atoms with Crippen LogP contribution in [0.2, 0.25) is 0 Å². The number of carbonyl (C=O) groups excluding carboxylic acids is 1. The summed E-state index contributed by atoms with van der Waals surface area (Å²) >= 11 is 0. The van der Waals surface area contributed by atoms with E-state index in [1.54, 1.807) is 30.6 Å². The number of aromatic nitrogens is 3. The Morgan fingerprint density at radius 2 is 2.04 bits per heavy atom. The molecule has 1 N–H and O–H groups in total. The smallest absolute Gasteiger partial charge is 0.335 e. The van der Waals surface area contributed by atoms with Gasteiger partial charge in [0.05, 0.1) is 11.6 Å². The minimum Gasteiger partial charge on any atom is -0.478 e. The van der Waals surface area contributed by atoms with Gasteiger partial charge in [-0.1, -0.05) is 12.1 Å². The molecule has 2 aromatic rings. The molecule has 1 amide bonds. The SMILES string of the molecule is O=C(O)c1ccc(CCC(=O)N2CCC[C@H](n3cncn3)C2)cc1. The molecule has 0 saturated carbocycles. The van der Waals surface area contributed by atoms with E-state index in [2.05, 4.69) is 10.1 Å². The summed E-state index contributed by atoms with van der Waals surface area (Å²) in [7, 11) is 0. The van der Waals surface area contributed by atoms with Gasteiger partial charge in [-0.25, -0.2) is 14.5 Å². The summed E-state index contributed by atoms with van der Waals surface area (Å²) in [5, 5.41) is 13.1. The Labute approximate surface area is 139 Å². The van der Waals surface area contributed by atoms with Gasteiger partial charge < -0.3 is 10.0 Å². The number of aryl methyl sites for hydroxylation is 1. The zero-order valence-corrected chi connectivity index (χ0v) is 13.3. The molecule has 1 aromatic carbocycles. The summed E-state index contributed by atoms with van der Waals surface area (Å²) in [4.78, 5) is 29.1. The molecule has 1 fully saturated rings. The number of hydrogen-bond acceptors (Lipinski definition) is 4. The molecule has 7 nitrogen and oxygen atoms in total. The summed E-state index contributed by atoms with van der Waals surface area (Å²) in [5.41, 5.74) is 1.23. The van der Waals surface area contributed by atoms with E-state index in [0.29, 0.717) is 19.4 Å². The predicted molar refractivity (Wildman–Crippen MR) is 86.6 cm³/mol. The molecule has 1 aromatic heterocycles. The Kier molecular flexibility index (Phi) is 4.88. The van der Waals surface area contributed by atoms with E-state index in [1.165, 1.54) is 6.33 Å². The Morgan fingerprint density at radius 3 is 2.71 bits per heavy atom. The van der Waals surface area contributed by atoms with Crippen molar-refractivity contribution in [2.24, 2.45) is 0 Å². The first kappa shape index (κ1) is 16.2. The van der Waals surface area contributed by atoms with Crippen molar-refractivity contribution >= 4 is 11.9 Å². The second kappa shape index (κ2) is 7.25. The van der Waals surface area contributed by atoms with E-state index < -0.39 is 5.97 Å². The van der Waals surface area contributed by atoms with Gasteiger partial charge in [-0.15, -0.1) is 0 Å². The maximum atomic E-state index is 12.4. The predicted octanol–water partition coefficient (Wildman–Crippen LogP) is 1.77. The fraction of sp³-hybridized carbons (Fsp3) is 0.412. The minimum atomic E-state index is -0.940. The van der Waals surface area contributed by atoms with Crippen LogP contribution in [0.4, 0.5) is 0 Å². The van der Waals surface area contributed by atoms with Crippen LogP contribution in [0.25, 0.3) is 0 Å². The highest BCUT2D eigenvalue weighted by molar-refractivity contribution is 5.87. The third kappa shape index (κ3) is 3.79. The molecule has 24 heavy (non-hydrogen) atoms.